The summed E-state index contributed by atoms with van der Waals surface area (Å²) < 4.78 is 0. The largest absolute Gasteiger partial charge is 0.300 e. The first-order valence-electron chi connectivity index (χ1n) is 3.71. The number of hydrogen-bond acceptors (Lipinski definition) is 2. The lowest BCUT2D eigenvalue weighted by molar-refractivity contribution is -0.120. The second-order valence-electron chi connectivity index (χ2n) is 2.85. The van der Waals surface area contributed by atoms with E-state index in [0.29, 0.717) is 0 Å². The van der Waals surface area contributed by atoms with E-state index in [9.17, 15) is 4.79 Å². The van der Waals surface area contributed by atoms with Crippen LogP contribution in [0.3, 0.4) is 0 Å². The molecule has 1 aromatic heterocycles. The molecule has 1 nitrogen and oxygen atoms in total. The minimum atomic E-state index is 0.171. The highest BCUT2D eigenvalue weighted by atomic mass is 32.1. The number of thiophene rings is 1. The van der Waals surface area contributed by atoms with Crippen molar-refractivity contribution in [3.63, 3.8) is 0 Å². The molecule has 1 rings (SSSR count). The van der Waals surface area contributed by atoms with Crippen LogP contribution in [-0.2, 0) is 11.2 Å². The predicted molar refractivity (Wildman–Crippen MR) is 47.9 cm³/mol. The SMILES string of the molecule is CC(=O)[C@@H](C)Cc1ccsc1. The van der Waals surface area contributed by atoms with Crippen molar-refractivity contribution >= 4 is 17.1 Å². The van der Waals surface area contributed by atoms with Crippen molar-refractivity contribution in [1.82, 2.24) is 0 Å². The van der Waals surface area contributed by atoms with E-state index in [2.05, 4.69) is 11.4 Å². The number of ketones is 1. The molecule has 0 aliphatic rings. The van der Waals surface area contributed by atoms with Crippen molar-refractivity contribution < 1.29 is 4.79 Å². The molecule has 0 aromatic carbocycles. The number of hydrogen-bond donors (Lipinski definition) is 0. The average Bonchev–Trinajstić information content (AvgIpc) is 2.39. The highest BCUT2D eigenvalue weighted by Crippen LogP contribution is 2.12. The summed E-state index contributed by atoms with van der Waals surface area (Å²) in [7, 11) is 0. The number of rotatable bonds is 3. The average molecular weight is 168 g/mol. The zero-order chi connectivity index (χ0) is 8.27. The summed E-state index contributed by atoms with van der Waals surface area (Å²) in [5.41, 5.74) is 1.28. The standard InChI is InChI=1S/C9H12OS/c1-7(8(2)10)5-9-3-4-11-6-9/h3-4,6-7H,5H2,1-2H3/t7-/m0/s1. The van der Waals surface area contributed by atoms with Gasteiger partial charge in [0.1, 0.15) is 5.78 Å². The molecule has 1 heterocycles. The summed E-state index contributed by atoms with van der Waals surface area (Å²) in [5, 5.41) is 4.14. The van der Waals surface area contributed by atoms with E-state index in [1.165, 1.54) is 5.56 Å². The molecule has 0 unspecified atom stereocenters. The summed E-state index contributed by atoms with van der Waals surface area (Å²) >= 11 is 1.68. The summed E-state index contributed by atoms with van der Waals surface area (Å²) in [5.74, 6) is 0.445. The Morgan fingerprint density at radius 3 is 2.91 bits per heavy atom. The van der Waals surface area contributed by atoms with Crippen LogP contribution in [0.1, 0.15) is 19.4 Å². The van der Waals surface area contributed by atoms with Crippen LogP contribution in [0.2, 0.25) is 0 Å². The molecule has 0 radical (unpaired) electrons. The van der Waals surface area contributed by atoms with E-state index in [4.69, 9.17) is 0 Å². The zero-order valence-corrected chi connectivity index (χ0v) is 7.65. The molecule has 0 saturated carbocycles. The first kappa shape index (κ1) is 8.47. The van der Waals surface area contributed by atoms with E-state index in [1.807, 2.05) is 12.3 Å². The molecule has 0 amide bonds. The van der Waals surface area contributed by atoms with Crippen LogP contribution >= 0.6 is 11.3 Å². The van der Waals surface area contributed by atoms with Gasteiger partial charge < -0.3 is 0 Å². The van der Waals surface area contributed by atoms with Crippen molar-refractivity contribution in [3.05, 3.63) is 22.4 Å². The molecule has 2 heteroatoms. The van der Waals surface area contributed by atoms with Gasteiger partial charge in [-0.05, 0) is 35.7 Å². The van der Waals surface area contributed by atoms with Gasteiger partial charge in [0, 0.05) is 5.92 Å². The van der Waals surface area contributed by atoms with Gasteiger partial charge in [0.25, 0.3) is 0 Å². The Bertz CT molecular complexity index is 226. The van der Waals surface area contributed by atoms with Crippen LogP contribution in [-0.4, -0.2) is 5.78 Å². The second-order valence-corrected chi connectivity index (χ2v) is 3.63. The molecule has 1 aromatic rings. The predicted octanol–water partition coefficient (Wildman–Crippen LogP) is 2.52. The van der Waals surface area contributed by atoms with Gasteiger partial charge in [-0.25, -0.2) is 0 Å². The maximum Gasteiger partial charge on any atom is 0.132 e. The lowest BCUT2D eigenvalue weighted by Crippen LogP contribution is -2.08. The smallest absolute Gasteiger partial charge is 0.132 e. The van der Waals surface area contributed by atoms with Gasteiger partial charge in [-0.2, -0.15) is 11.3 Å². The fraction of sp³-hybridized carbons (Fsp3) is 0.444. The number of carbonyl (C=O) groups excluding carboxylic acids is 1. The van der Waals surface area contributed by atoms with Gasteiger partial charge in [0.15, 0.2) is 0 Å². The highest BCUT2D eigenvalue weighted by molar-refractivity contribution is 7.07. The summed E-state index contributed by atoms with van der Waals surface area (Å²) in [6.45, 7) is 3.62. The molecule has 11 heavy (non-hydrogen) atoms. The van der Waals surface area contributed by atoms with Crippen LogP contribution in [0.15, 0.2) is 16.8 Å². The molecule has 0 spiro atoms. The van der Waals surface area contributed by atoms with Gasteiger partial charge >= 0.3 is 0 Å². The monoisotopic (exact) mass is 168 g/mol. The molecule has 0 aliphatic carbocycles. The van der Waals surface area contributed by atoms with Crippen LogP contribution < -0.4 is 0 Å². The first-order valence-corrected chi connectivity index (χ1v) is 4.66. The van der Waals surface area contributed by atoms with Crippen LogP contribution in [0, 0.1) is 5.92 Å². The third-order valence-corrected chi connectivity index (χ3v) is 2.55. The normalized spacial score (nSPS) is 12.9. The van der Waals surface area contributed by atoms with Crippen molar-refractivity contribution in [2.75, 3.05) is 0 Å². The Morgan fingerprint density at radius 1 is 1.73 bits per heavy atom. The molecule has 0 saturated heterocycles. The van der Waals surface area contributed by atoms with Crippen molar-refractivity contribution in [2.24, 2.45) is 5.92 Å². The Morgan fingerprint density at radius 2 is 2.45 bits per heavy atom. The van der Waals surface area contributed by atoms with E-state index in [-0.39, 0.29) is 11.7 Å². The lowest BCUT2D eigenvalue weighted by atomic mass is 10.0. The maximum atomic E-state index is 10.9. The maximum absolute atomic E-state index is 10.9. The quantitative estimate of drug-likeness (QED) is 0.677. The Kier molecular flexibility index (Phi) is 2.83. The van der Waals surface area contributed by atoms with E-state index in [0.717, 1.165) is 6.42 Å². The molecule has 0 bridgehead atoms. The molecule has 1 atom stereocenters. The molecular weight excluding hydrogens is 156 g/mol. The van der Waals surface area contributed by atoms with Crippen molar-refractivity contribution in [2.45, 2.75) is 20.3 Å². The number of carbonyl (C=O) groups is 1. The van der Waals surface area contributed by atoms with E-state index in [1.54, 1.807) is 18.3 Å². The third kappa shape index (κ3) is 2.46. The number of Topliss-reactive ketones (excluding diaryl/α,β-unsaturated/α-hetero) is 1. The molecule has 0 fully saturated rings. The summed E-state index contributed by atoms with van der Waals surface area (Å²) in [6, 6.07) is 2.07. The minimum Gasteiger partial charge on any atom is -0.300 e. The third-order valence-electron chi connectivity index (χ3n) is 1.82. The van der Waals surface area contributed by atoms with Gasteiger partial charge in [-0.1, -0.05) is 6.92 Å². The fourth-order valence-electron chi connectivity index (χ4n) is 0.906. The topological polar surface area (TPSA) is 17.1 Å². The molecule has 0 N–H and O–H groups in total. The first-order chi connectivity index (χ1) is 5.20. The molecular formula is C9H12OS. The Balaban J connectivity index is 2.50. The molecule has 0 aliphatic heterocycles. The van der Waals surface area contributed by atoms with Gasteiger partial charge in [-0.15, -0.1) is 0 Å². The zero-order valence-electron chi connectivity index (χ0n) is 6.83. The van der Waals surface area contributed by atoms with Gasteiger partial charge in [0.05, 0.1) is 0 Å². The van der Waals surface area contributed by atoms with Crippen molar-refractivity contribution in [3.8, 4) is 0 Å². The Labute approximate surface area is 71.1 Å². The fourth-order valence-corrected chi connectivity index (χ4v) is 1.59. The minimum absolute atomic E-state index is 0.171. The van der Waals surface area contributed by atoms with E-state index >= 15 is 0 Å². The van der Waals surface area contributed by atoms with Crippen LogP contribution in [0.25, 0.3) is 0 Å². The summed E-state index contributed by atoms with van der Waals surface area (Å²) in [4.78, 5) is 10.9. The van der Waals surface area contributed by atoms with Crippen molar-refractivity contribution in [1.29, 1.82) is 0 Å². The van der Waals surface area contributed by atoms with Crippen LogP contribution in [0.4, 0.5) is 0 Å². The second kappa shape index (κ2) is 3.67. The summed E-state index contributed by atoms with van der Waals surface area (Å²) in [6.07, 6.45) is 0.888. The Hall–Kier alpha value is -0.630. The lowest BCUT2D eigenvalue weighted by Gasteiger charge is -2.03. The van der Waals surface area contributed by atoms with Gasteiger partial charge in [-0.3, -0.25) is 4.79 Å². The molecule has 60 valence electrons. The van der Waals surface area contributed by atoms with Crippen LogP contribution in [0.5, 0.6) is 0 Å². The highest BCUT2D eigenvalue weighted by Gasteiger charge is 2.07. The van der Waals surface area contributed by atoms with E-state index < -0.39 is 0 Å². The van der Waals surface area contributed by atoms with Gasteiger partial charge in [0.2, 0.25) is 0 Å².